The van der Waals surface area contributed by atoms with Crippen LogP contribution in [0.5, 0.6) is 11.5 Å². The summed E-state index contributed by atoms with van der Waals surface area (Å²) < 4.78 is 16.5. The minimum atomic E-state index is -1.04. The van der Waals surface area contributed by atoms with Gasteiger partial charge in [0.1, 0.15) is 24.2 Å². The lowest BCUT2D eigenvalue weighted by Gasteiger charge is -2.19. The van der Waals surface area contributed by atoms with E-state index in [2.05, 4.69) is 6.07 Å². The molecule has 1 aromatic heterocycles. The lowest BCUT2D eigenvalue weighted by molar-refractivity contribution is -0.149. The van der Waals surface area contributed by atoms with E-state index in [-0.39, 0.29) is 11.3 Å². The molecule has 1 heterocycles. The third-order valence-electron chi connectivity index (χ3n) is 3.89. The molecule has 5 nitrogen and oxygen atoms in total. The van der Waals surface area contributed by atoms with Crippen LogP contribution in [0.15, 0.2) is 59.3 Å². The summed E-state index contributed by atoms with van der Waals surface area (Å²) >= 11 is 7.51. The van der Waals surface area contributed by atoms with Gasteiger partial charge in [-0.1, -0.05) is 23.7 Å². The van der Waals surface area contributed by atoms with Crippen molar-refractivity contribution in [2.24, 2.45) is 0 Å². The van der Waals surface area contributed by atoms with Gasteiger partial charge in [0.25, 0.3) is 0 Å². The zero-order valence-corrected chi connectivity index (χ0v) is 16.5. The van der Waals surface area contributed by atoms with Crippen LogP contribution < -0.4 is 9.47 Å². The molecule has 0 radical (unpaired) electrons. The highest BCUT2D eigenvalue weighted by atomic mass is 35.5. The van der Waals surface area contributed by atoms with Gasteiger partial charge in [-0.25, -0.2) is 4.79 Å². The van der Waals surface area contributed by atoms with Crippen LogP contribution in [0.3, 0.4) is 0 Å². The average Bonchev–Trinajstić information content (AvgIpc) is 3.24. The van der Waals surface area contributed by atoms with Gasteiger partial charge in [0.15, 0.2) is 0 Å². The van der Waals surface area contributed by atoms with Gasteiger partial charge in [-0.3, -0.25) is 0 Å². The van der Waals surface area contributed by atoms with E-state index in [0.29, 0.717) is 22.9 Å². The fourth-order valence-corrected chi connectivity index (χ4v) is 3.23. The Morgan fingerprint density at radius 2 is 2.00 bits per heavy atom. The maximum absolute atomic E-state index is 12.3. The highest BCUT2D eigenvalue weighted by Gasteiger charge is 2.25. The van der Waals surface area contributed by atoms with Gasteiger partial charge in [-0.2, -0.15) is 16.6 Å². The SMILES string of the molecule is COC(=O)C(Oc1cc(OCc2ccsc2)ccc1C#N)c1ccc(Cl)cc1. The number of carbonyl (C=O) groups is 1. The first-order chi connectivity index (χ1) is 13.6. The van der Waals surface area contributed by atoms with E-state index in [4.69, 9.17) is 25.8 Å². The summed E-state index contributed by atoms with van der Waals surface area (Å²) in [6, 6.07) is 15.6. The van der Waals surface area contributed by atoms with Gasteiger partial charge < -0.3 is 14.2 Å². The third-order valence-corrected chi connectivity index (χ3v) is 4.88. The van der Waals surface area contributed by atoms with Crippen molar-refractivity contribution in [1.82, 2.24) is 0 Å². The van der Waals surface area contributed by atoms with E-state index >= 15 is 0 Å². The molecule has 142 valence electrons. The first-order valence-corrected chi connectivity index (χ1v) is 9.60. The molecule has 0 N–H and O–H groups in total. The standard InChI is InChI=1S/C21H16ClNO4S/c1-25-21(24)20(15-2-5-17(22)6-3-15)27-19-10-18(7-4-16(19)11-23)26-12-14-8-9-28-13-14/h2-10,13,20H,12H2,1H3. The zero-order valence-electron chi connectivity index (χ0n) is 14.9. The Kier molecular flexibility index (Phi) is 6.53. The van der Waals surface area contributed by atoms with Crippen LogP contribution >= 0.6 is 22.9 Å². The van der Waals surface area contributed by atoms with Crippen molar-refractivity contribution >= 4 is 28.9 Å². The number of ether oxygens (including phenoxy) is 3. The molecule has 28 heavy (non-hydrogen) atoms. The third kappa shape index (κ3) is 4.83. The van der Waals surface area contributed by atoms with Crippen LogP contribution in [0, 0.1) is 11.3 Å². The predicted octanol–water partition coefficient (Wildman–Crippen LogP) is 5.15. The van der Waals surface area contributed by atoms with Gasteiger partial charge in [0, 0.05) is 16.7 Å². The molecule has 0 saturated heterocycles. The number of hydrogen-bond acceptors (Lipinski definition) is 6. The number of rotatable bonds is 7. The van der Waals surface area contributed by atoms with Crippen LogP contribution in [0.4, 0.5) is 0 Å². The van der Waals surface area contributed by atoms with E-state index in [1.54, 1.807) is 53.8 Å². The number of nitrogens with zero attached hydrogens (tertiary/aromatic N) is 1. The summed E-state index contributed by atoms with van der Waals surface area (Å²) in [5, 5.41) is 13.9. The lowest BCUT2D eigenvalue weighted by atomic mass is 10.1. The molecule has 0 spiro atoms. The number of esters is 1. The van der Waals surface area contributed by atoms with Crippen molar-refractivity contribution in [2.75, 3.05) is 7.11 Å². The van der Waals surface area contributed by atoms with Crippen LogP contribution in [0.2, 0.25) is 5.02 Å². The molecule has 3 rings (SSSR count). The number of carbonyl (C=O) groups excluding carboxylic acids is 1. The molecule has 0 aliphatic carbocycles. The number of hydrogen-bond donors (Lipinski definition) is 0. The Labute approximate surface area is 171 Å². The normalized spacial score (nSPS) is 11.3. The van der Waals surface area contributed by atoms with Crippen LogP contribution in [0.1, 0.15) is 22.8 Å². The molecule has 2 aromatic carbocycles. The summed E-state index contributed by atoms with van der Waals surface area (Å²) in [5.41, 5.74) is 1.89. The summed E-state index contributed by atoms with van der Waals surface area (Å²) in [6.07, 6.45) is -1.04. The molecule has 3 aromatic rings. The smallest absolute Gasteiger partial charge is 0.351 e. The number of thiophene rings is 1. The van der Waals surface area contributed by atoms with Gasteiger partial charge in [0.2, 0.25) is 6.10 Å². The minimum absolute atomic E-state index is 0.232. The second kappa shape index (κ2) is 9.27. The second-order valence-corrected chi connectivity index (χ2v) is 6.98. The summed E-state index contributed by atoms with van der Waals surface area (Å²) in [5.74, 6) is 0.173. The van der Waals surface area contributed by atoms with Crippen molar-refractivity contribution in [3.63, 3.8) is 0 Å². The molecule has 1 atom stereocenters. The van der Waals surface area contributed by atoms with Crippen molar-refractivity contribution in [2.45, 2.75) is 12.7 Å². The number of nitriles is 1. The fraction of sp³-hybridized carbons (Fsp3) is 0.143. The number of benzene rings is 2. The molecule has 0 amide bonds. The molecule has 0 saturated carbocycles. The van der Waals surface area contributed by atoms with Crippen molar-refractivity contribution in [3.05, 3.63) is 81.0 Å². The van der Waals surface area contributed by atoms with E-state index in [1.807, 2.05) is 16.8 Å². The molecule has 0 bridgehead atoms. The summed E-state index contributed by atoms with van der Waals surface area (Å²) in [7, 11) is 1.28. The topological polar surface area (TPSA) is 68.6 Å². The number of methoxy groups -OCH3 is 1. The van der Waals surface area contributed by atoms with Crippen LogP contribution in [-0.4, -0.2) is 13.1 Å². The molecule has 7 heteroatoms. The first kappa shape index (κ1) is 19.7. The van der Waals surface area contributed by atoms with Gasteiger partial charge >= 0.3 is 5.97 Å². The highest BCUT2D eigenvalue weighted by molar-refractivity contribution is 7.07. The Hall–Kier alpha value is -3.01. The number of halogens is 1. The van der Waals surface area contributed by atoms with Crippen LogP contribution in [-0.2, 0) is 16.1 Å². The Morgan fingerprint density at radius 1 is 1.21 bits per heavy atom. The van der Waals surface area contributed by atoms with E-state index < -0.39 is 12.1 Å². The molecular weight excluding hydrogens is 398 g/mol. The second-order valence-electron chi connectivity index (χ2n) is 5.76. The van der Waals surface area contributed by atoms with Gasteiger partial charge in [-0.15, -0.1) is 0 Å². The lowest BCUT2D eigenvalue weighted by Crippen LogP contribution is -2.20. The van der Waals surface area contributed by atoms with Crippen LogP contribution in [0.25, 0.3) is 0 Å². The van der Waals surface area contributed by atoms with Crippen molar-refractivity contribution < 1.29 is 19.0 Å². The minimum Gasteiger partial charge on any atom is -0.489 e. The maximum atomic E-state index is 12.3. The van der Waals surface area contributed by atoms with Gasteiger partial charge in [-0.05, 0) is 46.7 Å². The highest BCUT2D eigenvalue weighted by Crippen LogP contribution is 2.30. The molecule has 0 fully saturated rings. The van der Waals surface area contributed by atoms with E-state index in [9.17, 15) is 10.1 Å². The van der Waals surface area contributed by atoms with E-state index in [1.165, 1.54) is 7.11 Å². The molecule has 1 unspecified atom stereocenters. The summed E-state index contributed by atoms with van der Waals surface area (Å²) in [6.45, 7) is 0.395. The molecular formula is C21H16ClNO4S. The average molecular weight is 414 g/mol. The van der Waals surface area contributed by atoms with Crippen molar-refractivity contribution in [1.29, 1.82) is 5.26 Å². The Morgan fingerprint density at radius 3 is 2.64 bits per heavy atom. The molecule has 0 aliphatic heterocycles. The van der Waals surface area contributed by atoms with Crippen molar-refractivity contribution in [3.8, 4) is 17.6 Å². The van der Waals surface area contributed by atoms with Gasteiger partial charge in [0.05, 0.1) is 12.7 Å². The quantitative estimate of drug-likeness (QED) is 0.501. The summed E-state index contributed by atoms with van der Waals surface area (Å²) in [4.78, 5) is 12.3. The fourth-order valence-electron chi connectivity index (χ4n) is 2.45. The van der Waals surface area contributed by atoms with E-state index in [0.717, 1.165) is 5.56 Å². The monoisotopic (exact) mass is 413 g/mol. The largest absolute Gasteiger partial charge is 0.489 e. The predicted molar refractivity (Wildman–Crippen MR) is 107 cm³/mol. The zero-order chi connectivity index (χ0) is 19.9. The maximum Gasteiger partial charge on any atom is 0.351 e. The Balaban J connectivity index is 1.86. The molecule has 0 aliphatic rings. The first-order valence-electron chi connectivity index (χ1n) is 8.28. The Bertz CT molecular complexity index is 981.